The van der Waals surface area contributed by atoms with Gasteiger partial charge in [-0.2, -0.15) is 0 Å². The van der Waals surface area contributed by atoms with Crippen LogP contribution in [0.2, 0.25) is 0 Å². The summed E-state index contributed by atoms with van der Waals surface area (Å²) >= 11 is 1.33. The Morgan fingerprint density at radius 3 is 2.55 bits per heavy atom. The number of nitro benzene ring substituents is 1. The molecule has 0 bridgehead atoms. The Morgan fingerprint density at radius 1 is 1.31 bits per heavy atom. The molecule has 0 unspecified atom stereocenters. The first-order valence-electron chi connectivity index (χ1n) is 9.18. The summed E-state index contributed by atoms with van der Waals surface area (Å²) in [5, 5.41) is 15.8. The number of aromatic nitrogens is 1. The number of hydrogen-bond donors (Lipinski definition) is 1. The number of non-ortho nitro benzene ring substituents is 1. The fraction of sp³-hybridized carbons (Fsp3) is 0.350. The summed E-state index contributed by atoms with van der Waals surface area (Å²) in [6, 6.07) is 5.89. The predicted molar refractivity (Wildman–Crippen MR) is 114 cm³/mol. The smallest absolute Gasteiger partial charge is 0.269 e. The number of thiazole rings is 1. The van der Waals surface area contributed by atoms with E-state index in [9.17, 15) is 19.7 Å². The molecule has 2 aromatic rings. The van der Waals surface area contributed by atoms with Gasteiger partial charge in [0, 0.05) is 30.1 Å². The first-order valence-corrected chi connectivity index (χ1v) is 10.1. The molecule has 0 aliphatic rings. The van der Waals surface area contributed by atoms with E-state index in [4.69, 9.17) is 0 Å². The summed E-state index contributed by atoms with van der Waals surface area (Å²) in [6.07, 6.45) is 3.72. The molecule has 29 heavy (non-hydrogen) atoms. The van der Waals surface area contributed by atoms with Crippen LogP contribution in [-0.4, -0.2) is 39.7 Å². The Kier molecular flexibility index (Phi) is 8.02. The molecule has 0 atom stereocenters. The van der Waals surface area contributed by atoms with Crippen molar-refractivity contribution in [1.29, 1.82) is 0 Å². The van der Waals surface area contributed by atoms with Gasteiger partial charge in [-0.3, -0.25) is 19.7 Å². The summed E-state index contributed by atoms with van der Waals surface area (Å²) in [6.45, 7) is 6.31. The lowest BCUT2D eigenvalue weighted by molar-refractivity contribution is -0.384. The van der Waals surface area contributed by atoms with Crippen LogP contribution < -0.4 is 5.32 Å². The maximum atomic E-state index is 12.6. The number of nitrogens with zero attached hydrogens (tertiary/aromatic N) is 3. The highest BCUT2D eigenvalue weighted by Crippen LogP contribution is 2.15. The molecule has 9 heteroatoms. The normalized spacial score (nSPS) is 11.0. The third kappa shape index (κ3) is 7.46. The van der Waals surface area contributed by atoms with Gasteiger partial charge in [-0.15, -0.1) is 11.3 Å². The highest BCUT2D eigenvalue weighted by atomic mass is 32.1. The van der Waals surface area contributed by atoms with E-state index < -0.39 is 4.92 Å². The average molecular weight is 417 g/mol. The number of aryl methyl sites for hydroxylation is 1. The number of anilines is 1. The molecule has 154 valence electrons. The zero-order valence-corrected chi connectivity index (χ0v) is 17.4. The molecular weight excluding hydrogens is 392 g/mol. The molecule has 0 aliphatic heterocycles. The second kappa shape index (κ2) is 10.5. The van der Waals surface area contributed by atoms with E-state index in [1.54, 1.807) is 18.2 Å². The van der Waals surface area contributed by atoms with Crippen molar-refractivity contribution in [1.82, 2.24) is 9.88 Å². The molecule has 1 heterocycles. The number of benzene rings is 1. The SMILES string of the molecule is Cc1csc(NC(=O)CN(CCC(C)C)C(=O)C=Cc2ccc([N+](=O)[O-])cc2)n1. The molecule has 0 fully saturated rings. The molecule has 1 aromatic heterocycles. The predicted octanol–water partition coefficient (Wildman–Crippen LogP) is 3.89. The van der Waals surface area contributed by atoms with E-state index in [-0.39, 0.29) is 24.0 Å². The van der Waals surface area contributed by atoms with E-state index >= 15 is 0 Å². The number of rotatable bonds is 9. The summed E-state index contributed by atoms with van der Waals surface area (Å²) in [7, 11) is 0. The van der Waals surface area contributed by atoms with E-state index in [0.717, 1.165) is 12.1 Å². The van der Waals surface area contributed by atoms with Gasteiger partial charge in [0.2, 0.25) is 11.8 Å². The van der Waals surface area contributed by atoms with Crippen molar-refractivity contribution in [2.24, 2.45) is 5.92 Å². The Bertz CT molecular complexity index is 890. The van der Waals surface area contributed by atoms with Crippen LogP contribution in [0.25, 0.3) is 6.08 Å². The standard InChI is InChI=1S/C20H24N4O4S/c1-14(2)10-11-23(12-18(25)22-20-21-15(3)13-29-20)19(26)9-6-16-4-7-17(8-5-16)24(27)28/h4-9,13-14H,10-12H2,1-3H3,(H,21,22,25). The van der Waals surface area contributed by atoms with Crippen LogP contribution >= 0.6 is 11.3 Å². The molecular formula is C20H24N4O4S. The number of carbonyl (C=O) groups excluding carboxylic acids is 2. The second-order valence-corrected chi connectivity index (χ2v) is 7.82. The van der Waals surface area contributed by atoms with Gasteiger partial charge in [-0.25, -0.2) is 4.98 Å². The monoisotopic (exact) mass is 416 g/mol. The van der Waals surface area contributed by atoms with E-state index in [0.29, 0.717) is 23.2 Å². The highest BCUT2D eigenvalue weighted by molar-refractivity contribution is 7.13. The summed E-state index contributed by atoms with van der Waals surface area (Å²) in [4.78, 5) is 40.9. The van der Waals surface area contributed by atoms with Gasteiger partial charge >= 0.3 is 0 Å². The largest absolute Gasteiger partial charge is 0.330 e. The van der Waals surface area contributed by atoms with Crippen LogP contribution in [0.5, 0.6) is 0 Å². The van der Waals surface area contributed by atoms with Crippen LogP contribution in [0.4, 0.5) is 10.8 Å². The lowest BCUT2D eigenvalue weighted by Gasteiger charge is -2.21. The minimum absolute atomic E-state index is 0.0128. The molecule has 2 rings (SSSR count). The zero-order chi connectivity index (χ0) is 21.4. The second-order valence-electron chi connectivity index (χ2n) is 6.97. The highest BCUT2D eigenvalue weighted by Gasteiger charge is 2.16. The van der Waals surface area contributed by atoms with Crippen molar-refractivity contribution in [3.8, 4) is 0 Å². The van der Waals surface area contributed by atoms with Crippen LogP contribution in [0, 0.1) is 23.0 Å². The molecule has 0 spiro atoms. The number of nitrogens with one attached hydrogen (secondary N) is 1. The van der Waals surface area contributed by atoms with Gasteiger partial charge in [0.15, 0.2) is 5.13 Å². The molecule has 0 aliphatic carbocycles. The molecule has 0 saturated carbocycles. The van der Waals surface area contributed by atoms with Crippen LogP contribution in [-0.2, 0) is 9.59 Å². The molecule has 0 saturated heterocycles. The summed E-state index contributed by atoms with van der Waals surface area (Å²) < 4.78 is 0. The van der Waals surface area contributed by atoms with Gasteiger partial charge in [0.1, 0.15) is 6.54 Å². The van der Waals surface area contributed by atoms with Crippen molar-refractivity contribution < 1.29 is 14.5 Å². The van der Waals surface area contributed by atoms with Crippen molar-refractivity contribution in [2.75, 3.05) is 18.4 Å². The van der Waals surface area contributed by atoms with Gasteiger partial charge in [0.25, 0.3) is 5.69 Å². The Morgan fingerprint density at radius 2 is 2.00 bits per heavy atom. The minimum Gasteiger partial charge on any atom is -0.330 e. The zero-order valence-electron chi connectivity index (χ0n) is 16.6. The Labute approximate surface area is 173 Å². The quantitative estimate of drug-likeness (QED) is 0.379. The molecule has 1 N–H and O–H groups in total. The molecule has 8 nitrogen and oxygen atoms in total. The lowest BCUT2D eigenvalue weighted by Crippen LogP contribution is -2.38. The summed E-state index contributed by atoms with van der Waals surface area (Å²) in [5.41, 5.74) is 1.47. The fourth-order valence-electron chi connectivity index (χ4n) is 2.40. The third-order valence-corrected chi connectivity index (χ3v) is 4.89. The lowest BCUT2D eigenvalue weighted by atomic mass is 10.1. The number of nitro groups is 1. The van der Waals surface area contributed by atoms with Gasteiger partial charge in [0.05, 0.1) is 10.6 Å². The van der Waals surface area contributed by atoms with E-state index in [1.165, 1.54) is 34.4 Å². The molecule has 2 amide bonds. The topological polar surface area (TPSA) is 105 Å². The van der Waals surface area contributed by atoms with Crippen LogP contribution in [0.15, 0.2) is 35.7 Å². The van der Waals surface area contributed by atoms with Crippen molar-refractivity contribution in [3.63, 3.8) is 0 Å². The van der Waals surface area contributed by atoms with E-state index in [2.05, 4.69) is 10.3 Å². The number of hydrogen-bond acceptors (Lipinski definition) is 6. The fourth-order valence-corrected chi connectivity index (χ4v) is 3.11. The number of carbonyl (C=O) groups is 2. The van der Waals surface area contributed by atoms with Gasteiger partial charge in [-0.1, -0.05) is 13.8 Å². The first-order chi connectivity index (χ1) is 13.7. The third-order valence-electron chi connectivity index (χ3n) is 4.01. The average Bonchev–Trinajstić information content (AvgIpc) is 3.07. The van der Waals surface area contributed by atoms with Crippen molar-refractivity contribution in [2.45, 2.75) is 27.2 Å². The molecule has 0 radical (unpaired) electrons. The van der Waals surface area contributed by atoms with Gasteiger partial charge in [-0.05, 0) is 43.0 Å². The summed E-state index contributed by atoms with van der Waals surface area (Å²) in [5.74, 6) is -0.219. The maximum absolute atomic E-state index is 12.6. The molecule has 1 aromatic carbocycles. The minimum atomic E-state index is -0.477. The van der Waals surface area contributed by atoms with Crippen molar-refractivity contribution in [3.05, 3.63) is 57.1 Å². The van der Waals surface area contributed by atoms with Crippen LogP contribution in [0.1, 0.15) is 31.5 Å². The van der Waals surface area contributed by atoms with Crippen LogP contribution in [0.3, 0.4) is 0 Å². The Balaban J connectivity index is 2.03. The first kappa shape index (κ1) is 22.2. The maximum Gasteiger partial charge on any atom is 0.269 e. The van der Waals surface area contributed by atoms with E-state index in [1.807, 2.05) is 26.2 Å². The number of amides is 2. The Hall–Kier alpha value is -3.07. The van der Waals surface area contributed by atoms with Gasteiger partial charge < -0.3 is 10.2 Å². The van der Waals surface area contributed by atoms with Crippen molar-refractivity contribution >= 4 is 40.0 Å².